The molecule has 0 aromatic carbocycles. The molecule has 0 atom stereocenters. The van der Waals surface area contributed by atoms with Gasteiger partial charge in [0.05, 0.1) is 0 Å². The Labute approximate surface area is 90.0 Å². The standard InChI is InChI=1S/C11H19NOS/c1-9-4-5-10(14-9)8-12-11(2,3)6-7-13/h4-5,12-13H,6-8H2,1-3H3. The molecule has 0 saturated heterocycles. The van der Waals surface area contributed by atoms with Crippen LogP contribution >= 0.6 is 11.3 Å². The van der Waals surface area contributed by atoms with Crippen LogP contribution in [0.1, 0.15) is 30.0 Å². The highest BCUT2D eigenvalue weighted by atomic mass is 32.1. The molecule has 0 amide bonds. The van der Waals surface area contributed by atoms with Crippen molar-refractivity contribution in [1.29, 1.82) is 0 Å². The Balaban J connectivity index is 2.40. The third-order valence-electron chi connectivity index (χ3n) is 2.27. The van der Waals surface area contributed by atoms with E-state index in [-0.39, 0.29) is 12.1 Å². The van der Waals surface area contributed by atoms with E-state index in [0.717, 1.165) is 13.0 Å². The van der Waals surface area contributed by atoms with Crippen molar-refractivity contribution >= 4 is 11.3 Å². The Morgan fingerprint density at radius 2 is 2.14 bits per heavy atom. The van der Waals surface area contributed by atoms with Gasteiger partial charge in [-0.25, -0.2) is 0 Å². The number of aryl methyl sites for hydroxylation is 1. The lowest BCUT2D eigenvalue weighted by Gasteiger charge is -2.25. The maximum absolute atomic E-state index is 8.87. The van der Waals surface area contributed by atoms with E-state index in [2.05, 4.69) is 38.2 Å². The predicted molar refractivity (Wildman–Crippen MR) is 61.7 cm³/mol. The zero-order chi connectivity index (χ0) is 10.6. The summed E-state index contributed by atoms with van der Waals surface area (Å²) in [4.78, 5) is 2.70. The summed E-state index contributed by atoms with van der Waals surface area (Å²) in [6.07, 6.45) is 0.789. The first kappa shape index (κ1) is 11.7. The van der Waals surface area contributed by atoms with Crippen LogP contribution in [0.4, 0.5) is 0 Å². The second kappa shape index (κ2) is 4.91. The number of aliphatic hydroxyl groups excluding tert-OH is 1. The van der Waals surface area contributed by atoms with Crippen molar-refractivity contribution in [3.63, 3.8) is 0 Å². The molecule has 0 spiro atoms. The second-order valence-corrected chi connectivity index (χ2v) is 5.60. The Bertz CT molecular complexity index is 281. The van der Waals surface area contributed by atoms with Crippen molar-refractivity contribution in [2.75, 3.05) is 6.61 Å². The van der Waals surface area contributed by atoms with Crippen molar-refractivity contribution in [3.8, 4) is 0 Å². The van der Waals surface area contributed by atoms with Gasteiger partial charge in [-0.15, -0.1) is 11.3 Å². The fourth-order valence-corrected chi connectivity index (χ4v) is 2.10. The minimum atomic E-state index is 0.0205. The number of aliphatic hydroxyl groups is 1. The molecule has 0 radical (unpaired) electrons. The van der Waals surface area contributed by atoms with Gasteiger partial charge in [-0.1, -0.05) is 0 Å². The van der Waals surface area contributed by atoms with Crippen LogP contribution in [0.3, 0.4) is 0 Å². The number of nitrogens with one attached hydrogen (secondary N) is 1. The summed E-state index contributed by atoms with van der Waals surface area (Å²) in [5.74, 6) is 0. The van der Waals surface area contributed by atoms with Gasteiger partial charge in [-0.05, 0) is 39.3 Å². The van der Waals surface area contributed by atoms with Gasteiger partial charge in [0.2, 0.25) is 0 Å². The third kappa shape index (κ3) is 3.78. The smallest absolute Gasteiger partial charge is 0.0448 e. The van der Waals surface area contributed by atoms with Crippen molar-refractivity contribution in [3.05, 3.63) is 21.9 Å². The highest BCUT2D eigenvalue weighted by Gasteiger charge is 2.15. The van der Waals surface area contributed by atoms with Gasteiger partial charge < -0.3 is 10.4 Å². The molecule has 0 fully saturated rings. The van der Waals surface area contributed by atoms with Gasteiger partial charge in [0.15, 0.2) is 0 Å². The van der Waals surface area contributed by atoms with Crippen LogP contribution < -0.4 is 5.32 Å². The SMILES string of the molecule is Cc1ccc(CNC(C)(C)CCO)s1. The van der Waals surface area contributed by atoms with Crippen molar-refractivity contribution in [2.24, 2.45) is 0 Å². The Hall–Kier alpha value is -0.380. The lowest BCUT2D eigenvalue weighted by Crippen LogP contribution is -2.39. The van der Waals surface area contributed by atoms with E-state index >= 15 is 0 Å². The molecule has 1 aromatic heterocycles. The summed E-state index contributed by atoms with van der Waals surface area (Å²) in [7, 11) is 0. The van der Waals surface area contributed by atoms with Crippen LogP contribution in [0, 0.1) is 6.92 Å². The minimum Gasteiger partial charge on any atom is -0.396 e. The van der Waals surface area contributed by atoms with Crippen molar-refractivity contribution in [1.82, 2.24) is 5.32 Å². The minimum absolute atomic E-state index is 0.0205. The fraction of sp³-hybridized carbons (Fsp3) is 0.636. The second-order valence-electron chi connectivity index (χ2n) is 4.22. The lowest BCUT2D eigenvalue weighted by atomic mass is 10.0. The zero-order valence-corrected chi connectivity index (χ0v) is 9.95. The van der Waals surface area contributed by atoms with E-state index in [9.17, 15) is 0 Å². The molecule has 0 saturated carbocycles. The molecule has 1 rings (SSSR count). The highest BCUT2D eigenvalue weighted by Crippen LogP contribution is 2.16. The summed E-state index contributed by atoms with van der Waals surface area (Å²) in [6.45, 7) is 7.48. The fourth-order valence-electron chi connectivity index (χ4n) is 1.27. The van der Waals surface area contributed by atoms with Gasteiger partial charge in [0, 0.05) is 28.4 Å². The van der Waals surface area contributed by atoms with Crippen LogP contribution in [0.15, 0.2) is 12.1 Å². The van der Waals surface area contributed by atoms with Crippen molar-refractivity contribution < 1.29 is 5.11 Å². The number of hydrogen-bond donors (Lipinski definition) is 2. The quantitative estimate of drug-likeness (QED) is 0.786. The highest BCUT2D eigenvalue weighted by molar-refractivity contribution is 7.11. The molecule has 1 aromatic rings. The van der Waals surface area contributed by atoms with E-state index < -0.39 is 0 Å². The molecule has 2 nitrogen and oxygen atoms in total. The van der Waals surface area contributed by atoms with Gasteiger partial charge >= 0.3 is 0 Å². The number of hydrogen-bond acceptors (Lipinski definition) is 3. The molecule has 0 aliphatic carbocycles. The van der Waals surface area contributed by atoms with Crippen LogP contribution in [0.5, 0.6) is 0 Å². The van der Waals surface area contributed by atoms with Gasteiger partial charge in [0.25, 0.3) is 0 Å². The molecule has 0 aliphatic heterocycles. The normalized spacial score (nSPS) is 12.0. The molecule has 1 heterocycles. The maximum Gasteiger partial charge on any atom is 0.0448 e. The molecule has 0 aliphatic rings. The van der Waals surface area contributed by atoms with Crippen LogP contribution in [-0.2, 0) is 6.54 Å². The average Bonchev–Trinajstić information content (AvgIpc) is 2.48. The summed E-state index contributed by atoms with van der Waals surface area (Å²) >= 11 is 1.82. The van der Waals surface area contributed by atoms with E-state index in [0.29, 0.717) is 0 Å². The monoisotopic (exact) mass is 213 g/mol. The Morgan fingerprint density at radius 3 is 2.64 bits per heavy atom. The molecular formula is C11H19NOS. The first-order chi connectivity index (χ1) is 6.53. The number of thiophene rings is 1. The third-order valence-corrected chi connectivity index (χ3v) is 3.27. The molecule has 80 valence electrons. The van der Waals surface area contributed by atoms with Crippen molar-refractivity contribution in [2.45, 2.75) is 39.3 Å². The van der Waals surface area contributed by atoms with Crippen LogP contribution in [0.25, 0.3) is 0 Å². The summed E-state index contributed by atoms with van der Waals surface area (Å²) in [5, 5.41) is 12.3. The number of rotatable bonds is 5. The molecule has 2 N–H and O–H groups in total. The van der Waals surface area contributed by atoms with E-state index in [1.165, 1.54) is 9.75 Å². The molecule has 14 heavy (non-hydrogen) atoms. The lowest BCUT2D eigenvalue weighted by molar-refractivity contribution is 0.230. The first-order valence-corrected chi connectivity index (χ1v) is 5.76. The summed E-state index contributed by atoms with van der Waals surface area (Å²) in [5.41, 5.74) is 0.0205. The molecular weight excluding hydrogens is 194 g/mol. The largest absolute Gasteiger partial charge is 0.396 e. The van der Waals surface area contributed by atoms with E-state index in [1.54, 1.807) is 0 Å². The summed E-state index contributed by atoms with van der Waals surface area (Å²) < 4.78 is 0. The van der Waals surface area contributed by atoms with Gasteiger partial charge in [0.1, 0.15) is 0 Å². The van der Waals surface area contributed by atoms with E-state index in [4.69, 9.17) is 5.11 Å². The van der Waals surface area contributed by atoms with E-state index in [1.807, 2.05) is 11.3 Å². The maximum atomic E-state index is 8.87. The summed E-state index contributed by atoms with van der Waals surface area (Å²) in [6, 6.07) is 4.29. The molecule has 0 unspecified atom stereocenters. The Morgan fingerprint density at radius 1 is 1.43 bits per heavy atom. The van der Waals surface area contributed by atoms with Crippen LogP contribution in [0.2, 0.25) is 0 Å². The van der Waals surface area contributed by atoms with Gasteiger partial charge in [-0.2, -0.15) is 0 Å². The first-order valence-electron chi connectivity index (χ1n) is 4.95. The Kier molecular flexibility index (Phi) is 4.11. The van der Waals surface area contributed by atoms with Gasteiger partial charge in [-0.3, -0.25) is 0 Å². The predicted octanol–water partition coefficient (Wildman–Crippen LogP) is 2.31. The average molecular weight is 213 g/mol. The zero-order valence-electron chi connectivity index (χ0n) is 9.13. The molecule has 3 heteroatoms. The topological polar surface area (TPSA) is 32.3 Å². The van der Waals surface area contributed by atoms with Crippen LogP contribution in [-0.4, -0.2) is 17.3 Å². The molecule has 0 bridgehead atoms.